The van der Waals surface area contributed by atoms with Gasteiger partial charge in [-0.1, -0.05) is 206 Å². The zero-order valence-corrected chi connectivity index (χ0v) is 34.2. The van der Waals surface area contributed by atoms with Gasteiger partial charge in [0.25, 0.3) is 0 Å². The molecular formula is C60H44N2. The van der Waals surface area contributed by atoms with Gasteiger partial charge < -0.3 is 11.5 Å². The Bertz CT molecular complexity index is 2950. The maximum Gasteiger partial charge on any atom is 0.0400 e. The molecule has 0 saturated heterocycles. The molecule has 0 radical (unpaired) electrons. The van der Waals surface area contributed by atoms with E-state index in [1.165, 1.54) is 0 Å². The van der Waals surface area contributed by atoms with Gasteiger partial charge in [-0.25, -0.2) is 0 Å². The number of hydrogen-bond donors (Lipinski definition) is 2. The van der Waals surface area contributed by atoms with Gasteiger partial charge in [-0.05, 0) is 125 Å². The summed E-state index contributed by atoms with van der Waals surface area (Å²) in [6, 6.07) is 85.9. The van der Waals surface area contributed by atoms with Crippen LogP contribution in [-0.4, -0.2) is 0 Å². The van der Waals surface area contributed by atoms with Gasteiger partial charge in [0.05, 0.1) is 0 Å². The lowest BCUT2D eigenvalue weighted by atomic mass is 9.80. The van der Waals surface area contributed by atoms with Gasteiger partial charge in [0.1, 0.15) is 0 Å². The smallest absolute Gasteiger partial charge is 0.0400 e. The first-order valence-corrected chi connectivity index (χ1v) is 21.1. The van der Waals surface area contributed by atoms with E-state index in [-0.39, 0.29) is 0 Å². The molecule has 10 aromatic carbocycles. The van der Waals surface area contributed by atoms with E-state index in [1.807, 2.05) is 0 Å². The lowest BCUT2D eigenvalue weighted by Gasteiger charge is -2.24. The summed E-state index contributed by atoms with van der Waals surface area (Å²) in [4.78, 5) is 0. The topological polar surface area (TPSA) is 52.0 Å². The van der Waals surface area contributed by atoms with Crippen LogP contribution < -0.4 is 11.5 Å². The minimum absolute atomic E-state index is 0.706. The monoisotopic (exact) mass is 792 g/mol. The average molecular weight is 793 g/mol. The van der Waals surface area contributed by atoms with Crippen LogP contribution in [0, 0.1) is 0 Å². The standard InChI is InChI=1S/C60H44N2/c61-55-35-33-53(57(49-29-13-25-45(37-49)41-17-5-1-6-18-41)59(55)51-31-15-27-47(39-51)43-21-9-3-10-22-43)54-34-36-56(62)60(52-32-16-28-48(40-52)44-23-11-4-12-24-44)58(54)50-30-14-26-46(38-50)42-19-7-2-8-20-42/h1-40H,61-62H2. The Morgan fingerprint density at radius 1 is 0.177 bits per heavy atom. The molecule has 2 heteroatoms. The molecule has 0 bridgehead atoms. The quantitative estimate of drug-likeness (QED) is 0.143. The van der Waals surface area contributed by atoms with Crippen molar-refractivity contribution in [1.82, 2.24) is 0 Å². The van der Waals surface area contributed by atoms with E-state index in [9.17, 15) is 0 Å². The van der Waals surface area contributed by atoms with Gasteiger partial charge in [0, 0.05) is 22.5 Å². The molecule has 0 spiro atoms. The predicted molar refractivity (Wildman–Crippen MR) is 264 cm³/mol. The van der Waals surface area contributed by atoms with E-state index in [0.717, 1.165) is 100 Å². The molecule has 10 rings (SSSR count). The van der Waals surface area contributed by atoms with Gasteiger partial charge in [0.15, 0.2) is 0 Å². The molecule has 0 unspecified atom stereocenters. The summed E-state index contributed by atoms with van der Waals surface area (Å²) in [6.45, 7) is 0. The highest BCUT2D eigenvalue weighted by Gasteiger charge is 2.24. The van der Waals surface area contributed by atoms with E-state index < -0.39 is 0 Å². The third kappa shape index (κ3) is 7.47. The number of hydrogen-bond acceptors (Lipinski definition) is 2. The van der Waals surface area contributed by atoms with Crippen molar-refractivity contribution in [3.8, 4) is 100 Å². The molecule has 0 aliphatic heterocycles. The van der Waals surface area contributed by atoms with Crippen LogP contribution in [0.1, 0.15) is 0 Å². The highest BCUT2D eigenvalue weighted by Crippen LogP contribution is 2.50. The first-order valence-electron chi connectivity index (χ1n) is 21.1. The van der Waals surface area contributed by atoms with Crippen molar-refractivity contribution in [3.63, 3.8) is 0 Å². The van der Waals surface area contributed by atoms with E-state index >= 15 is 0 Å². The minimum Gasteiger partial charge on any atom is -0.398 e. The Morgan fingerprint density at radius 3 is 0.677 bits per heavy atom. The second-order valence-corrected chi connectivity index (χ2v) is 15.7. The van der Waals surface area contributed by atoms with E-state index in [2.05, 4.69) is 243 Å². The summed E-state index contributed by atoms with van der Waals surface area (Å²) in [5.41, 5.74) is 35.4. The van der Waals surface area contributed by atoms with E-state index in [0.29, 0.717) is 11.4 Å². The Labute approximate surface area is 364 Å². The number of benzene rings is 10. The molecule has 0 amide bonds. The highest BCUT2D eigenvalue weighted by atomic mass is 14.6. The maximum atomic E-state index is 7.21. The minimum atomic E-state index is 0.706. The summed E-state index contributed by atoms with van der Waals surface area (Å²) in [5, 5.41) is 0. The molecule has 0 aliphatic carbocycles. The third-order valence-electron chi connectivity index (χ3n) is 11.8. The highest BCUT2D eigenvalue weighted by molar-refractivity contribution is 6.07. The number of rotatable bonds is 9. The molecular weight excluding hydrogens is 749 g/mol. The Balaban J connectivity index is 1.28. The first kappa shape index (κ1) is 38.0. The largest absolute Gasteiger partial charge is 0.398 e. The van der Waals surface area contributed by atoms with Crippen LogP contribution >= 0.6 is 0 Å². The third-order valence-corrected chi connectivity index (χ3v) is 11.8. The first-order chi connectivity index (χ1) is 30.6. The van der Waals surface area contributed by atoms with Gasteiger partial charge >= 0.3 is 0 Å². The molecule has 10 aromatic rings. The SMILES string of the molecule is Nc1ccc(-c2ccc(N)c(-c3cccc(-c4ccccc4)c3)c2-c2cccc(-c3ccccc3)c2)c(-c2cccc(-c3ccccc3)c2)c1-c1cccc(-c2ccccc2)c1. The fourth-order valence-electron chi connectivity index (χ4n) is 8.85. The van der Waals surface area contributed by atoms with Crippen molar-refractivity contribution in [2.75, 3.05) is 11.5 Å². The number of anilines is 2. The Kier molecular flexibility index (Phi) is 10.3. The van der Waals surface area contributed by atoms with Crippen LogP contribution in [0.3, 0.4) is 0 Å². The molecule has 0 aromatic heterocycles. The van der Waals surface area contributed by atoms with Crippen molar-refractivity contribution < 1.29 is 0 Å². The van der Waals surface area contributed by atoms with Crippen LogP contribution in [-0.2, 0) is 0 Å². The zero-order chi connectivity index (χ0) is 41.8. The molecule has 0 fully saturated rings. The average Bonchev–Trinajstić information content (AvgIpc) is 3.35. The molecule has 0 atom stereocenters. The predicted octanol–water partition coefficient (Wildman–Crippen LogP) is 15.9. The fourth-order valence-corrected chi connectivity index (χ4v) is 8.85. The molecule has 4 N–H and O–H groups in total. The van der Waals surface area contributed by atoms with Crippen LogP contribution in [0.4, 0.5) is 11.4 Å². The van der Waals surface area contributed by atoms with E-state index in [4.69, 9.17) is 11.5 Å². The normalized spacial score (nSPS) is 11.0. The summed E-state index contributed by atoms with van der Waals surface area (Å²) in [7, 11) is 0. The Morgan fingerprint density at radius 2 is 0.403 bits per heavy atom. The van der Waals surface area contributed by atoms with Crippen molar-refractivity contribution >= 4 is 11.4 Å². The maximum absolute atomic E-state index is 7.21. The van der Waals surface area contributed by atoms with Gasteiger partial charge in [0.2, 0.25) is 0 Å². The van der Waals surface area contributed by atoms with Crippen molar-refractivity contribution in [2.24, 2.45) is 0 Å². The molecule has 0 heterocycles. The number of nitrogen functional groups attached to an aromatic ring is 2. The van der Waals surface area contributed by atoms with Crippen molar-refractivity contribution in [1.29, 1.82) is 0 Å². The zero-order valence-electron chi connectivity index (χ0n) is 34.2. The molecule has 0 aliphatic rings. The van der Waals surface area contributed by atoms with Crippen LogP contribution in [0.25, 0.3) is 100 Å². The lowest BCUT2D eigenvalue weighted by molar-refractivity contribution is 1.52. The van der Waals surface area contributed by atoms with Crippen molar-refractivity contribution in [3.05, 3.63) is 243 Å². The van der Waals surface area contributed by atoms with Crippen LogP contribution in [0.2, 0.25) is 0 Å². The summed E-state index contributed by atoms with van der Waals surface area (Å²) >= 11 is 0. The molecule has 0 saturated carbocycles. The van der Waals surface area contributed by atoms with Gasteiger partial charge in [-0.3, -0.25) is 0 Å². The summed E-state index contributed by atoms with van der Waals surface area (Å²) in [6.07, 6.45) is 0. The number of nitrogens with two attached hydrogens (primary N) is 2. The Hall–Kier alpha value is -8.20. The second-order valence-electron chi connectivity index (χ2n) is 15.7. The summed E-state index contributed by atoms with van der Waals surface area (Å²) in [5.74, 6) is 0. The van der Waals surface area contributed by atoms with E-state index in [1.54, 1.807) is 0 Å². The molecule has 62 heavy (non-hydrogen) atoms. The van der Waals surface area contributed by atoms with Crippen molar-refractivity contribution in [2.45, 2.75) is 0 Å². The van der Waals surface area contributed by atoms with Gasteiger partial charge in [-0.15, -0.1) is 0 Å². The molecule has 294 valence electrons. The fraction of sp³-hybridized carbons (Fsp3) is 0. The molecule has 2 nitrogen and oxygen atoms in total. The van der Waals surface area contributed by atoms with Crippen LogP contribution in [0.15, 0.2) is 243 Å². The lowest BCUT2D eigenvalue weighted by Crippen LogP contribution is -2.01. The van der Waals surface area contributed by atoms with Crippen LogP contribution in [0.5, 0.6) is 0 Å². The second kappa shape index (κ2) is 16.8. The van der Waals surface area contributed by atoms with Gasteiger partial charge in [-0.2, -0.15) is 0 Å². The summed E-state index contributed by atoms with van der Waals surface area (Å²) < 4.78 is 0.